The van der Waals surface area contributed by atoms with E-state index in [9.17, 15) is 9.59 Å². The number of fused-ring (bicyclic) bond motifs is 1. The zero-order valence-corrected chi connectivity index (χ0v) is 13.7. The number of nitrogens with one attached hydrogen (secondary N) is 2. The van der Waals surface area contributed by atoms with E-state index >= 15 is 0 Å². The third-order valence-electron chi connectivity index (χ3n) is 4.69. The molecule has 0 unspecified atom stereocenters. The van der Waals surface area contributed by atoms with Crippen molar-refractivity contribution in [3.05, 3.63) is 59.2 Å². The lowest BCUT2D eigenvalue weighted by Gasteiger charge is -2.15. The summed E-state index contributed by atoms with van der Waals surface area (Å²) in [6.07, 6.45) is 7.60. The number of imidazole rings is 1. The molecule has 0 radical (unpaired) electrons. The molecule has 0 saturated heterocycles. The molecule has 1 amide bonds. The number of aromatic amines is 1. The Hall–Kier alpha value is -2.96. The van der Waals surface area contributed by atoms with Crippen LogP contribution < -0.4 is 10.9 Å². The van der Waals surface area contributed by atoms with E-state index in [1.54, 1.807) is 18.6 Å². The maximum Gasteiger partial charge on any atom is 0.258 e. The second kappa shape index (κ2) is 6.16. The van der Waals surface area contributed by atoms with Crippen molar-refractivity contribution in [3.8, 4) is 0 Å². The quantitative estimate of drug-likeness (QED) is 0.708. The van der Waals surface area contributed by atoms with Crippen LogP contribution >= 0.6 is 0 Å². The van der Waals surface area contributed by atoms with Gasteiger partial charge in [0.2, 0.25) is 5.91 Å². The van der Waals surface area contributed by atoms with E-state index in [1.165, 1.54) is 0 Å². The Morgan fingerprint density at radius 2 is 2.16 bits per heavy atom. The Morgan fingerprint density at radius 1 is 1.32 bits per heavy atom. The van der Waals surface area contributed by atoms with Gasteiger partial charge in [0.25, 0.3) is 5.56 Å². The number of H-pyrrole nitrogens is 1. The first-order valence-electron chi connectivity index (χ1n) is 8.38. The number of amides is 1. The van der Waals surface area contributed by atoms with Crippen LogP contribution in [-0.4, -0.2) is 32.0 Å². The summed E-state index contributed by atoms with van der Waals surface area (Å²) < 4.78 is 1.94. The van der Waals surface area contributed by atoms with Gasteiger partial charge in [-0.25, -0.2) is 9.97 Å². The number of carbonyl (C=O) groups excluding carboxylic acids is 1. The van der Waals surface area contributed by atoms with E-state index < -0.39 is 0 Å². The molecule has 1 aromatic carbocycles. The lowest BCUT2D eigenvalue weighted by atomic mass is 10.1. The lowest BCUT2D eigenvalue weighted by Crippen LogP contribution is -2.36. The number of hydrogen-bond acceptors (Lipinski definition) is 4. The molecule has 7 heteroatoms. The first-order chi connectivity index (χ1) is 12.2. The second-order valence-corrected chi connectivity index (χ2v) is 6.55. The number of benzene rings is 1. The van der Waals surface area contributed by atoms with Crippen molar-refractivity contribution in [1.29, 1.82) is 0 Å². The molecule has 128 valence electrons. The van der Waals surface area contributed by atoms with E-state index in [0.717, 1.165) is 12.8 Å². The first-order valence-corrected chi connectivity index (χ1v) is 8.38. The van der Waals surface area contributed by atoms with E-state index in [2.05, 4.69) is 20.3 Å². The zero-order valence-electron chi connectivity index (χ0n) is 13.7. The van der Waals surface area contributed by atoms with Crippen LogP contribution in [-0.2, 0) is 17.8 Å². The van der Waals surface area contributed by atoms with E-state index in [4.69, 9.17) is 0 Å². The van der Waals surface area contributed by atoms with Gasteiger partial charge in [-0.3, -0.25) is 9.59 Å². The smallest absolute Gasteiger partial charge is 0.258 e. The van der Waals surface area contributed by atoms with Crippen molar-refractivity contribution in [3.63, 3.8) is 0 Å². The molecule has 3 aromatic rings. The highest BCUT2D eigenvalue weighted by Gasteiger charge is 2.49. The fourth-order valence-corrected chi connectivity index (χ4v) is 3.07. The van der Waals surface area contributed by atoms with Crippen LogP contribution in [0.15, 0.2) is 47.8 Å². The van der Waals surface area contributed by atoms with Crippen LogP contribution in [0, 0.1) is 5.41 Å². The maximum absolute atomic E-state index is 12.5. The van der Waals surface area contributed by atoms with Crippen LogP contribution in [0.2, 0.25) is 0 Å². The Bertz CT molecular complexity index is 957. The molecule has 0 aliphatic heterocycles. The summed E-state index contributed by atoms with van der Waals surface area (Å²) in [6, 6.07) is 7.23. The Balaban J connectivity index is 1.38. The molecule has 1 aliphatic carbocycles. The monoisotopic (exact) mass is 337 g/mol. The maximum atomic E-state index is 12.5. The Morgan fingerprint density at radius 3 is 2.92 bits per heavy atom. The van der Waals surface area contributed by atoms with Gasteiger partial charge in [-0.2, -0.15) is 0 Å². The van der Waals surface area contributed by atoms with Crippen molar-refractivity contribution < 1.29 is 4.79 Å². The Kier molecular flexibility index (Phi) is 3.83. The first kappa shape index (κ1) is 15.6. The van der Waals surface area contributed by atoms with E-state index in [-0.39, 0.29) is 16.9 Å². The number of nitrogens with zero attached hydrogens (tertiary/aromatic N) is 3. The third-order valence-corrected chi connectivity index (χ3v) is 4.69. The summed E-state index contributed by atoms with van der Waals surface area (Å²) >= 11 is 0. The van der Waals surface area contributed by atoms with Crippen LogP contribution in [0.25, 0.3) is 10.9 Å². The van der Waals surface area contributed by atoms with Crippen LogP contribution in [0.1, 0.15) is 18.7 Å². The number of hydrogen-bond donors (Lipinski definition) is 2. The average Bonchev–Trinajstić information content (AvgIpc) is 3.21. The molecule has 2 aromatic heterocycles. The van der Waals surface area contributed by atoms with Crippen molar-refractivity contribution in [2.75, 3.05) is 6.54 Å². The molecule has 0 spiro atoms. The molecule has 25 heavy (non-hydrogen) atoms. The number of carbonyl (C=O) groups is 1. The third kappa shape index (κ3) is 3.17. The normalized spacial score (nSPS) is 15.2. The van der Waals surface area contributed by atoms with Gasteiger partial charge in [0.1, 0.15) is 5.82 Å². The predicted octanol–water partition coefficient (Wildman–Crippen LogP) is 1.26. The minimum Gasteiger partial charge on any atom is -0.355 e. The van der Waals surface area contributed by atoms with Crippen molar-refractivity contribution in [2.45, 2.75) is 25.8 Å². The Labute approximate surface area is 144 Å². The molecule has 0 bridgehead atoms. The zero-order chi connectivity index (χ0) is 17.3. The number of aromatic nitrogens is 4. The van der Waals surface area contributed by atoms with Gasteiger partial charge in [0.05, 0.1) is 22.6 Å². The molecule has 1 aliphatic rings. The largest absolute Gasteiger partial charge is 0.355 e. The predicted molar refractivity (Wildman–Crippen MR) is 93.0 cm³/mol. The average molecular weight is 337 g/mol. The minimum atomic E-state index is -0.315. The van der Waals surface area contributed by atoms with Crippen LogP contribution in [0.3, 0.4) is 0 Å². The summed E-state index contributed by atoms with van der Waals surface area (Å²) in [7, 11) is 0. The second-order valence-electron chi connectivity index (χ2n) is 6.55. The van der Waals surface area contributed by atoms with Gasteiger partial charge in [-0.1, -0.05) is 12.1 Å². The topological polar surface area (TPSA) is 92.7 Å². The van der Waals surface area contributed by atoms with Crippen molar-refractivity contribution in [1.82, 2.24) is 24.8 Å². The fraction of sp³-hybridized carbons (Fsp3) is 0.333. The van der Waals surface area contributed by atoms with Gasteiger partial charge in [0, 0.05) is 31.9 Å². The molecule has 7 nitrogen and oxygen atoms in total. The number of rotatable bonds is 6. The molecule has 2 N–H and O–H groups in total. The molecule has 4 rings (SSSR count). The lowest BCUT2D eigenvalue weighted by molar-refractivity contribution is -0.126. The summed E-state index contributed by atoms with van der Waals surface area (Å²) in [5, 5.41) is 3.56. The van der Waals surface area contributed by atoms with Crippen LogP contribution in [0.5, 0.6) is 0 Å². The highest BCUT2D eigenvalue weighted by molar-refractivity contribution is 5.85. The van der Waals surface area contributed by atoms with Crippen molar-refractivity contribution in [2.24, 2.45) is 5.41 Å². The number of para-hydroxylation sites is 1. The summed E-state index contributed by atoms with van der Waals surface area (Å²) in [5.74, 6) is 0.646. The highest BCUT2D eigenvalue weighted by atomic mass is 16.2. The summed E-state index contributed by atoms with van der Waals surface area (Å²) in [4.78, 5) is 35.8. The van der Waals surface area contributed by atoms with Gasteiger partial charge >= 0.3 is 0 Å². The molecular formula is C18H19N5O2. The summed E-state index contributed by atoms with van der Waals surface area (Å²) in [5.41, 5.74) is 0.210. The molecule has 2 heterocycles. The van der Waals surface area contributed by atoms with Crippen molar-refractivity contribution >= 4 is 16.8 Å². The van der Waals surface area contributed by atoms with Gasteiger partial charge in [-0.05, 0) is 25.0 Å². The summed E-state index contributed by atoms with van der Waals surface area (Å²) in [6.45, 7) is 1.11. The molecule has 1 fully saturated rings. The molecule has 1 saturated carbocycles. The SMILES string of the molecule is O=C(NCCc1nc2ccccc2c(=O)[nH]1)C1(Cn2ccnc2)CC1. The van der Waals surface area contributed by atoms with Gasteiger partial charge in [-0.15, -0.1) is 0 Å². The highest BCUT2D eigenvalue weighted by Crippen LogP contribution is 2.47. The van der Waals surface area contributed by atoms with Gasteiger partial charge < -0.3 is 14.9 Å². The molecule has 0 atom stereocenters. The molecular weight excluding hydrogens is 318 g/mol. The van der Waals surface area contributed by atoms with Gasteiger partial charge in [0.15, 0.2) is 0 Å². The van der Waals surface area contributed by atoms with Crippen LogP contribution in [0.4, 0.5) is 0 Å². The van der Waals surface area contributed by atoms with E-state index in [1.807, 2.05) is 29.0 Å². The standard InChI is InChI=1S/C18H19N5O2/c24-16-13-3-1-2-4-14(13)21-15(22-16)5-8-20-17(25)18(6-7-18)11-23-10-9-19-12-23/h1-4,9-10,12H,5-8,11H2,(H,20,25)(H,21,22,24). The van der Waals surface area contributed by atoms with E-state index in [0.29, 0.717) is 36.2 Å². The minimum absolute atomic E-state index is 0.0596. The fourth-order valence-electron chi connectivity index (χ4n) is 3.07.